The number of hydrogen-bond donors (Lipinski definition) is 1. The zero-order chi connectivity index (χ0) is 21.7. The first-order valence-corrected chi connectivity index (χ1v) is 12.2. The number of sulfonamides is 1. The first-order valence-electron chi connectivity index (χ1n) is 10.8. The summed E-state index contributed by atoms with van der Waals surface area (Å²) in [6.07, 6.45) is 0.883. The second kappa shape index (κ2) is 10.2. The Labute approximate surface area is 180 Å². The molecular formula is C21H35N5O3S. The number of nitrogens with one attached hydrogen (secondary N) is 1. The maximum atomic E-state index is 13.1. The van der Waals surface area contributed by atoms with Crippen molar-refractivity contribution in [1.29, 1.82) is 0 Å². The fraction of sp³-hybridized carbons (Fsp3) is 0.667. The Morgan fingerprint density at radius 2 is 1.57 bits per heavy atom. The molecule has 2 saturated heterocycles. The first kappa shape index (κ1) is 23.1. The molecule has 0 spiro atoms. The van der Waals surface area contributed by atoms with E-state index in [1.165, 1.54) is 10.4 Å². The van der Waals surface area contributed by atoms with Crippen molar-refractivity contribution in [2.75, 3.05) is 79.5 Å². The summed E-state index contributed by atoms with van der Waals surface area (Å²) in [6.45, 7) is 10.00. The lowest BCUT2D eigenvalue weighted by Crippen LogP contribution is -2.47. The van der Waals surface area contributed by atoms with Crippen molar-refractivity contribution in [3.63, 3.8) is 0 Å². The van der Waals surface area contributed by atoms with Gasteiger partial charge in [0.1, 0.15) is 0 Å². The summed E-state index contributed by atoms with van der Waals surface area (Å²) in [5, 5.41) is 2.94. The minimum absolute atomic E-state index is 0.219. The number of amides is 1. The van der Waals surface area contributed by atoms with Gasteiger partial charge in [0.05, 0.1) is 4.90 Å². The molecule has 9 heteroatoms. The van der Waals surface area contributed by atoms with Crippen LogP contribution in [0, 0.1) is 6.92 Å². The summed E-state index contributed by atoms with van der Waals surface area (Å²) < 4.78 is 27.8. The van der Waals surface area contributed by atoms with Crippen LogP contribution in [0.5, 0.6) is 0 Å². The van der Waals surface area contributed by atoms with Crippen LogP contribution in [0.15, 0.2) is 23.1 Å². The Morgan fingerprint density at radius 3 is 2.20 bits per heavy atom. The van der Waals surface area contributed by atoms with Gasteiger partial charge in [-0.3, -0.25) is 4.79 Å². The van der Waals surface area contributed by atoms with Gasteiger partial charge in [-0.15, -0.1) is 0 Å². The molecule has 1 N–H and O–H groups in total. The molecule has 0 unspecified atom stereocenters. The van der Waals surface area contributed by atoms with Gasteiger partial charge >= 0.3 is 0 Å². The van der Waals surface area contributed by atoms with E-state index in [1.807, 2.05) is 7.05 Å². The van der Waals surface area contributed by atoms with Gasteiger partial charge < -0.3 is 20.0 Å². The van der Waals surface area contributed by atoms with Crippen molar-refractivity contribution in [3.05, 3.63) is 29.3 Å². The van der Waals surface area contributed by atoms with E-state index in [-0.39, 0.29) is 10.8 Å². The van der Waals surface area contributed by atoms with E-state index in [2.05, 4.69) is 27.1 Å². The molecule has 168 valence electrons. The third-order valence-corrected chi connectivity index (χ3v) is 8.10. The zero-order valence-corrected chi connectivity index (χ0v) is 19.2. The van der Waals surface area contributed by atoms with Crippen molar-refractivity contribution in [2.24, 2.45) is 0 Å². The SMILES string of the molecule is Cc1ccc(C(=O)NCCCN2CCN(C)CC2)cc1S(=O)(=O)N1CCN(C)CC1. The van der Waals surface area contributed by atoms with Crippen LogP contribution in [0.1, 0.15) is 22.3 Å². The lowest BCUT2D eigenvalue weighted by Gasteiger charge is -2.32. The van der Waals surface area contributed by atoms with E-state index < -0.39 is 10.0 Å². The fourth-order valence-electron chi connectivity index (χ4n) is 3.86. The second-order valence-corrected chi connectivity index (χ2v) is 10.3. The number of likely N-dealkylation sites (N-methyl/N-ethyl adjacent to an activating group) is 2. The number of nitrogens with zero attached hydrogens (tertiary/aromatic N) is 4. The number of piperazine rings is 2. The molecule has 1 aromatic rings. The minimum Gasteiger partial charge on any atom is -0.352 e. The number of carbonyl (C=O) groups excluding carboxylic acids is 1. The van der Waals surface area contributed by atoms with Crippen LogP contribution in [0.2, 0.25) is 0 Å². The Hall–Kier alpha value is -1.52. The fourth-order valence-corrected chi connectivity index (χ4v) is 5.54. The van der Waals surface area contributed by atoms with Crippen LogP contribution < -0.4 is 5.32 Å². The molecule has 1 aromatic carbocycles. The zero-order valence-electron chi connectivity index (χ0n) is 18.4. The van der Waals surface area contributed by atoms with Gasteiger partial charge in [0.15, 0.2) is 0 Å². The quantitative estimate of drug-likeness (QED) is 0.619. The second-order valence-electron chi connectivity index (χ2n) is 8.44. The molecule has 1 amide bonds. The van der Waals surface area contributed by atoms with Gasteiger partial charge in [0, 0.05) is 64.5 Å². The Morgan fingerprint density at radius 1 is 0.967 bits per heavy atom. The lowest BCUT2D eigenvalue weighted by atomic mass is 10.1. The highest BCUT2D eigenvalue weighted by atomic mass is 32.2. The standard InChI is InChI=1S/C21H35N5O3S/c1-18-5-6-19(17-20(18)30(28,29)26-15-11-24(3)12-16-26)21(27)22-7-4-8-25-13-9-23(2)10-14-25/h5-6,17H,4,7-16H2,1-3H3,(H,22,27). The molecular weight excluding hydrogens is 402 g/mol. The summed E-state index contributed by atoms with van der Waals surface area (Å²) in [5.41, 5.74) is 1.06. The van der Waals surface area contributed by atoms with Crippen LogP contribution in [0.3, 0.4) is 0 Å². The van der Waals surface area contributed by atoms with Crippen molar-refractivity contribution in [2.45, 2.75) is 18.2 Å². The molecule has 2 fully saturated rings. The highest BCUT2D eigenvalue weighted by Gasteiger charge is 2.29. The molecule has 2 aliphatic heterocycles. The average molecular weight is 438 g/mol. The van der Waals surface area contributed by atoms with E-state index in [0.717, 1.165) is 39.1 Å². The van der Waals surface area contributed by atoms with Gasteiger partial charge in [0.2, 0.25) is 10.0 Å². The van der Waals surface area contributed by atoms with Gasteiger partial charge in [-0.1, -0.05) is 6.07 Å². The van der Waals surface area contributed by atoms with Crippen LogP contribution in [-0.4, -0.2) is 113 Å². The summed E-state index contributed by atoms with van der Waals surface area (Å²) in [6, 6.07) is 4.95. The van der Waals surface area contributed by atoms with E-state index >= 15 is 0 Å². The van der Waals surface area contributed by atoms with Gasteiger partial charge in [-0.25, -0.2) is 8.42 Å². The van der Waals surface area contributed by atoms with E-state index in [0.29, 0.717) is 43.9 Å². The molecule has 3 rings (SSSR count). The van der Waals surface area contributed by atoms with Crippen molar-refractivity contribution >= 4 is 15.9 Å². The van der Waals surface area contributed by atoms with Crippen molar-refractivity contribution in [1.82, 2.24) is 24.3 Å². The molecule has 0 atom stereocenters. The molecule has 2 heterocycles. The van der Waals surface area contributed by atoms with Crippen LogP contribution >= 0.6 is 0 Å². The topological polar surface area (TPSA) is 76.2 Å². The number of aryl methyl sites for hydroxylation is 1. The third kappa shape index (κ3) is 5.79. The van der Waals surface area contributed by atoms with Gasteiger partial charge in [-0.2, -0.15) is 4.31 Å². The summed E-state index contributed by atoms with van der Waals surface area (Å²) in [4.78, 5) is 19.7. The smallest absolute Gasteiger partial charge is 0.251 e. The van der Waals surface area contributed by atoms with Crippen LogP contribution in [0.25, 0.3) is 0 Å². The van der Waals surface area contributed by atoms with Crippen LogP contribution in [-0.2, 0) is 10.0 Å². The molecule has 0 radical (unpaired) electrons. The molecule has 30 heavy (non-hydrogen) atoms. The monoisotopic (exact) mass is 437 g/mol. The first-order chi connectivity index (χ1) is 14.3. The Bertz CT molecular complexity index is 829. The van der Waals surface area contributed by atoms with Crippen molar-refractivity contribution in [3.8, 4) is 0 Å². The molecule has 8 nitrogen and oxygen atoms in total. The Balaban J connectivity index is 1.56. The third-order valence-electron chi connectivity index (χ3n) is 6.06. The predicted molar refractivity (Wildman–Crippen MR) is 118 cm³/mol. The number of hydrogen-bond acceptors (Lipinski definition) is 6. The summed E-state index contributed by atoms with van der Waals surface area (Å²) >= 11 is 0. The van der Waals surface area contributed by atoms with E-state index in [1.54, 1.807) is 19.1 Å². The molecule has 0 saturated carbocycles. The van der Waals surface area contributed by atoms with Gasteiger partial charge in [-0.05, 0) is 51.7 Å². The highest BCUT2D eigenvalue weighted by Crippen LogP contribution is 2.22. The molecule has 2 aliphatic rings. The summed E-state index contributed by atoms with van der Waals surface area (Å²) in [5.74, 6) is -0.219. The number of benzene rings is 1. The van der Waals surface area contributed by atoms with Gasteiger partial charge in [0.25, 0.3) is 5.91 Å². The van der Waals surface area contributed by atoms with E-state index in [4.69, 9.17) is 0 Å². The van der Waals surface area contributed by atoms with Crippen molar-refractivity contribution < 1.29 is 13.2 Å². The molecule has 0 aromatic heterocycles. The lowest BCUT2D eigenvalue weighted by molar-refractivity contribution is 0.0949. The Kier molecular flexibility index (Phi) is 7.86. The average Bonchev–Trinajstić information content (AvgIpc) is 2.73. The number of carbonyl (C=O) groups is 1. The largest absolute Gasteiger partial charge is 0.352 e. The minimum atomic E-state index is -3.60. The predicted octanol–water partition coefficient (Wildman–Crippen LogP) is 0.298. The maximum Gasteiger partial charge on any atom is 0.251 e. The summed E-state index contributed by atoms with van der Waals surface area (Å²) in [7, 11) is 0.526. The normalized spacial score (nSPS) is 20.4. The molecule has 0 bridgehead atoms. The highest BCUT2D eigenvalue weighted by molar-refractivity contribution is 7.89. The molecule has 0 aliphatic carbocycles. The van der Waals surface area contributed by atoms with E-state index in [9.17, 15) is 13.2 Å². The maximum absolute atomic E-state index is 13.1. The van der Waals surface area contributed by atoms with Crippen LogP contribution in [0.4, 0.5) is 0 Å². The number of rotatable bonds is 7.